The van der Waals surface area contributed by atoms with Gasteiger partial charge in [-0.3, -0.25) is 0 Å². The van der Waals surface area contributed by atoms with Gasteiger partial charge in [0.2, 0.25) is 0 Å². The molecule has 1 aromatic carbocycles. The first-order valence-electron chi connectivity index (χ1n) is 11.2. The molecular formula is C22H34F6O3Si. The van der Waals surface area contributed by atoms with Crippen molar-refractivity contribution in [1.29, 1.82) is 0 Å². The predicted octanol–water partition coefficient (Wildman–Crippen LogP) is 7.66. The molecule has 186 valence electrons. The molecule has 0 atom stereocenters. The van der Waals surface area contributed by atoms with Crippen LogP contribution in [0.15, 0.2) is 18.2 Å². The van der Waals surface area contributed by atoms with Crippen LogP contribution in [0.4, 0.5) is 26.3 Å². The molecule has 0 heterocycles. The van der Waals surface area contributed by atoms with E-state index in [-0.39, 0.29) is 18.1 Å². The molecule has 0 unspecified atom stereocenters. The lowest BCUT2D eigenvalue weighted by Crippen LogP contribution is -2.46. The van der Waals surface area contributed by atoms with E-state index in [1.165, 1.54) is 0 Å². The SMILES string of the molecule is CCCO[Si](CCCCCc1cc(C(F)(F)F)cc(C(F)(F)F)c1)(OCCC)OCCC. The first-order valence-corrected chi connectivity index (χ1v) is 13.1. The highest BCUT2D eigenvalue weighted by atomic mass is 28.4. The van der Waals surface area contributed by atoms with Crippen molar-refractivity contribution >= 4 is 8.80 Å². The maximum Gasteiger partial charge on any atom is 0.500 e. The van der Waals surface area contributed by atoms with Gasteiger partial charge in [-0.25, -0.2) is 0 Å². The Bertz CT molecular complexity index is 610. The molecule has 10 heteroatoms. The van der Waals surface area contributed by atoms with E-state index in [4.69, 9.17) is 13.3 Å². The summed E-state index contributed by atoms with van der Waals surface area (Å²) in [6, 6.07) is 2.33. The summed E-state index contributed by atoms with van der Waals surface area (Å²) in [6.07, 6.45) is -5.34. The molecule has 0 bridgehead atoms. The second-order valence-electron chi connectivity index (χ2n) is 7.70. The topological polar surface area (TPSA) is 27.7 Å². The molecule has 0 saturated heterocycles. The first kappa shape index (κ1) is 28.9. The van der Waals surface area contributed by atoms with E-state index in [0.29, 0.717) is 45.1 Å². The van der Waals surface area contributed by atoms with Crippen LogP contribution in [0.1, 0.15) is 76.0 Å². The second-order valence-corrected chi connectivity index (χ2v) is 10.4. The third-order valence-corrected chi connectivity index (χ3v) is 7.57. The first-order chi connectivity index (χ1) is 15.0. The lowest BCUT2D eigenvalue weighted by Gasteiger charge is -2.29. The second kappa shape index (κ2) is 13.6. The number of hydrogen-bond acceptors (Lipinski definition) is 3. The van der Waals surface area contributed by atoms with Crippen LogP contribution in [-0.2, 0) is 32.1 Å². The number of alkyl halides is 6. The summed E-state index contributed by atoms with van der Waals surface area (Å²) in [5.41, 5.74) is -2.52. The maximum atomic E-state index is 13.0. The van der Waals surface area contributed by atoms with Gasteiger partial charge in [-0.15, -0.1) is 0 Å². The fraction of sp³-hybridized carbons (Fsp3) is 0.727. The van der Waals surface area contributed by atoms with Crippen LogP contribution in [0.3, 0.4) is 0 Å². The molecule has 0 aromatic heterocycles. The Morgan fingerprint density at radius 3 is 1.47 bits per heavy atom. The van der Waals surface area contributed by atoms with Gasteiger partial charge >= 0.3 is 21.2 Å². The Hall–Kier alpha value is -1.10. The monoisotopic (exact) mass is 488 g/mol. The van der Waals surface area contributed by atoms with Crippen LogP contribution >= 0.6 is 0 Å². The van der Waals surface area contributed by atoms with E-state index in [0.717, 1.165) is 31.4 Å². The van der Waals surface area contributed by atoms with Crippen LogP contribution in [-0.4, -0.2) is 28.6 Å². The fourth-order valence-electron chi connectivity index (χ4n) is 3.13. The molecule has 0 aliphatic rings. The summed E-state index contributed by atoms with van der Waals surface area (Å²) in [7, 11) is -2.85. The number of unbranched alkanes of at least 4 members (excludes halogenated alkanes) is 2. The number of aryl methyl sites for hydroxylation is 1. The normalized spacial score (nSPS) is 13.0. The third-order valence-electron chi connectivity index (χ3n) is 4.67. The van der Waals surface area contributed by atoms with E-state index in [9.17, 15) is 26.3 Å². The summed E-state index contributed by atoms with van der Waals surface area (Å²) in [4.78, 5) is 0. The van der Waals surface area contributed by atoms with Gasteiger partial charge in [-0.2, -0.15) is 26.3 Å². The average Bonchev–Trinajstić information content (AvgIpc) is 2.72. The minimum Gasteiger partial charge on any atom is -0.373 e. The molecule has 32 heavy (non-hydrogen) atoms. The van der Waals surface area contributed by atoms with Crippen LogP contribution in [0.25, 0.3) is 0 Å². The molecular weight excluding hydrogens is 454 g/mol. The van der Waals surface area contributed by atoms with Crippen LogP contribution < -0.4 is 0 Å². The molecule has 0 aliphatic carbocycles. The standard InChI is InChI=1S/C22H34F6O3Si/c1-4-11-29-32(30-12-5-2,31-13-6-3)14-9-7-8-10-18-15-19(21(23,24)25)17-20(16-18)22(26,27)28/h15-17H,4-14H2,1-3H3. The molecule has 3 nitrogen and oxygen atoms in total. The Morgan fingerprint density at radius 2 is 1.09 bits per heavy atom. The van der Waals surface area contributed by atoms with Crippen molar-refractivity contribution < 1.29 is 39.6 Å². The van der Waals surface area contributed by atoms with E-state index in [1.54, 1.807) is 0 Å². The molecule has 0 N–H and O–H groups in total. The molecule has 0 aliphatic heterocycles. The molecule has 0 spiro atoms. The zero-order valence-electron chi connectivity index (χ0n) is 19.0. The summed E-state index contributed by atoms with van der Waals surface area (Å²) in [5, 5.41) is 0. The lowest BCUT2D eigenvalue weighted by atomic mass is 10.0. The average molecular weight is 489 g/mol. The fourth-order valence-corrected chi connectivity index (χ4v) is 6.04. The molecule has 0 radical (unpaired) electrons. The van der Waals surface area contributed by atoms with Gasteiger partial charge in [0.15, 0.2) is 0 Å². The van der Waals surface area contributed by atoms with Gasteiger partial charge in [0.1, 0.15) is 0 Å². The highest BCUT2D eigenvalue weighted by Crippen LogP contribution is 2.36. The predicted molar refractivity (Wildman–Crippen MR) is 113 cm³/mol. The van der Waals surface area contributed by atoms with Crippen LogP contribution in [0.5, 0.6) is 0 Å². The summed E-state index contributed by atoms with van der Waals surface area (Å²) in [6.45, 7) is 7.52. The molecule has 0 saturated carbocycles. The molecule has 0 fully saturated rings. The number of hydrogen-bond donors (Lipinski definition) is 0. The van der Waals surface area contributed by atoms with Crippen molar-refractivity contribution in [3.8, 4) is 0 Å². The Balaban J connectivity index is 2.77. The Labute approximate surface area is 187 Å². The Kier molecular flexibility index (Phi) is 12.3. The Morgan fingerprint density at radius 1 is 0.656 bits per heavy atom. The lowest BCUT2D eigenvalue weighted by molar-refractivity contribution is -0.143. The van der Waals surface area contributed by atoms with Crippen molar-refractivity contribution in [3.63, 3.8) is 0 Å². The number of rotatable bonds is 15. The van der Waals surface area contributed by atoms with Crippen molar-refractivity contribution in [2.45, 2.75) is 84.1 Å². The van der Waals surface area contributed by atoms with Gasteiger partial charge in [0.05, 0.1) is 11.1 Å². The van der Waals surface area contributed by atoms with Gasteiger partial charge in [0, 0.05) is 25.9 Å². The molecule has 1 rings (SSSR count). The van der Waals surface area contributed by atoms with Gasteiger partial charge < -0.3 is 13.3 Å². The van der Waals surface area contributed by atoms with Crippen LogP contribution in [0.2, 0.25) is 6.04 Å². The van der Waals surface area contributed by atoms with E-state index < -0.39 is 32.3 Å². The minimum absolute atomic E-state index is 0.0300. The molecule has 1 aromatic rings. The van der Waals surface area contributed by atoms with E-state index in [1.807, 2.05) is 20.8 Å². The van der Waals surface area contributed by atoms with Crippen molar-refractivity contribution in [1.82, 2.24) is 0 Å². The number of benzene rings is 1. The quantitative estimate of drug-likeness (QED) is 0.144. The number of halogens is 6. The third kappa shape index (κ3) is 10.2. The zero-order valence-corrected chi connectivity index (χ0v) is 20.0. The van der Waals surface area contributed by atoms with Crippen molar-refractivity contribution in [2.75, 3.05) is 19.8 Å². The zero-order chi connectivity index (χ0) is 24.3. The smallest absolute Gasteiger partial charge is 0.373 e. The largest absolute Gasteiger partial charge is 0.500 e. The highest BCUT2D eigenvalue weighted by Gasteiger charge is 2.40. The minimum atomic E-state index is -4.83. The summed E-state index contributed by atoms with van der Waals surface area (Å²) >= 11 is 0. The van der Waals surface area contributed by atoms with Crippen molar-refractivity contribution in [3.05, 3.63) is 34.9 Å². The van der Waals surface area contributed by atoms with Crippen molar-refractivity contribution in [2.24, 2.45) is 0 Å². The summed E-state index contributed by atoms with van der Waals surface area (Å²) in [5.74, 6) is 0. The highest BCUT2D eigenvalue weighted by molar-refractivity contribution is 6.60. The van der Waals surface area contributed by atoms with Gasteiger partial charge in [-0.05, 0) is 62.3 Å². The van der Waals surface area contributed by atoms with E-state index >= 15 is 0 Å². The maximum absolute atomic E-state index is 13.0. The van der Waals surface area contributed by atoms with E-state index in [2.05, 4.69) is 0 Å². The molecule has 0 amide bonds. The summed E-state index contributed by atoms with van der Waals surface area (Å²) < 4.78 is 96.1. The van der Waals surface area contributed by atoms with Crippen LogP contribution in [0, 0.1) is 0 Å². The van der Waals surface area contributed by atoms with Gasteiger partial charge in [-0.1, -0.05) is 27.2 Å². The van der Waals surface area contributed by atoms with Gasteiger partial charge in [0.25, 0.3) is 0 Å².